The fraction of sp³-hybridized carbons (Fsp3) is 0.727. The third kappa shape index (κ3) is 25.4. The van der Waals surface area contributed by atoms with E-state index in [1.54, 1.807) is 0 Å². The van der Waals surface area contributed by atoms with Gasteiger partial charge in [-0.25, -0.2) is 0 Å². The van der Waals surface area contributed by atoms with E-state index in [-0.39, 0.29) is 21.2 Å². The molecule has 2 aromatic rings. The van der Waals surface area contributed by atoms with Crippen LogP contribution in [0.15, 0.2) is 48.5 Å². The third-order valence-electron chi connectivity index (χ3n) is 9.38. The summed E-state index contributed by atoms with van der Waals surface area (Å²) in [7, 11) is 0. The minimum Gasteiger partial charge on any atom is -0.494 e. The van der Waals surface area contributed by atoms with E-state index in [4.69, 9.17) is 9.47 Å². The molecule has 0 fully saturated rings. The Hall–Kier alpha value is -1.23. The summed E-state index contributed by atoms with van der Waals surface area (Å²) < 4.78 is 14.9. The fourth-order valence-electron chi connectivity index (χ4n) is 6.29. The van der Waals surface area contributed by atoms with Crippen LogP contribution in [0.3, 0.4) is 0 Å². The standard InChI is InChI=1S/C44H74IO2/c1-3-5-7-9-11-13-15-17-19-21-23-25-27-29-39-46-43-35-31-41(32-36-43)45-42-33-37-44(38-34-42)47-40-30-28-26-24-22-20-18-16-14-12-10-8-6-4-2/h31-38H,3-30,39-40H2,1-2H3/q+1. The molecule has 2 nitrogen and oxygen atoms in total. The number of benzene rings is 2. The average Bonchev–Trinajstić information content (AvgIpc) is 3.09. The normalized spacial score (nSPS) is 11.3. The molecule has 268 valence electrons. The number of hydrogen-bond acceptors (Lipinski definition) is 2. The van der Waals surface area contributed by atoms with Gasteiger partial charge < -0.3 is 9.47 Å². The first-order chi connectivity index (χ1) is 23.3. The lowest BCUT2D eigenvalue weighted by Crippen LogP contribution is -3.61. The Balaban J connectivity index is 1.40. The minimum absolute atomic E-state index is 0.178. The summed E-state index contributed by atoms with van der Waals surface area (Å²) in [6.07, 6.45) is 39.0. The molecule has 0 saturated carbocycles. The molecule has 0 heterocycles. The highest BCUT2D eigenvalue weighted by Crippen LogP contribution is 2.16. The van der Waals surface area contributed by atoms with Crippen LogP contribution < -0.4 is 30.7 Å². The molecule has 0 spiro atoms. The van der Waals surface area contributed by atoms with E-state index >= 15 is 0 Å². The van der Waals surface area contributed by atoms with Crippen molar-refractivity contribution in [2.45, 2.75) is 194 Å². The van der Waals surface area contributed by atoms with E-state index in [0.717, 1.165) is 24.7 Å². The van der Waals surface area contributed by atoms with Gasteiger partial charge in [-0.2, -0.15) is 0 Å². The largest absolute Gasteiger partial charge is 0.494 e. The second-order valence-electron chi connectivity index (χ2n) is 13.9. The van der Waals surface area contributed by atoms with Crippen LogP contribution in [0.25, 0.3) is 0 Å². The zero-order valence-electron chi connectivity index (χ0n) is 31.0. The lowest BCUT2D eigenvalue weighted by Gasteiger charge is -2.06. The van der Waals surface area contributed by atoms with Gasteiger partial charge in [0.2, 0.25) is 0 Å². The average molecular weight is 762 g/mol. The second kappa shape index (κ2) is 32.0. The molecule has 0 aliphatic carbocycles. The van der Waals surface area contributed by atoms with Crippen molar-refractivity contribution in [2.75, 3.05) is 13.2 Å². The Kier molecular flexibility index (Phi) is 28.6. The number of halogens is 1. The highest BCUT2D eigenvalue weighted by Gasteiger charge is 2.15. The highest BCUT2D eigenvalue weighted by molar-refractivity contribution is 5.22. The van der Waals surface area contributed by atoms with E-state index in [1.807, 2.05) is 0 Å². The fourth-order valence-corrected chi connectivity index (χ4v) is 8.44. The van der Waals surface area contributed by atoms with Crippen molar-refractivity contribution >= 4 is 0 Å². The van der Waals surface area contributed by atoms with Crippen molar-refractivity contribution in [3.8, 4) is 11.5 Å². The first-order valence-corrected chi connectivity index (χ1v) is 22.6. The molecule has 0 bridgehead atoms. The van der Waals surface area contributed by atoms with Crippen LogP contribution in [0.2, 0.25) is 0 Å². The Bertz CT molecular complexity index is 834. The van der Waals surface area contributed by atoms with Gasteiger partial charge in [0, 0.05) is 0 Å². The molecule has 2 aromatic carbocycles. The SMILES string of the molecule is CCCCCCCCCCCCCCCCOc1ccc([I+]c2ccc(OCCCCCCCCCCCCCCCC)cc2)cc1. The predicted molar refractivity (Wildman–Crippen MR) is 202 cm³/mol. The Labute approximate surface area is 303 Å². The van der Waals surface area contributed by atoms with Crippen LogP contribution in [0.5, 0.6) is 11.5 Å². The van der Waals surface area contributed by atoms with Crippen molar-refractivity contribution in [2.24, 2.45) is 0 Å². The summed E-state index contributed by atoms with van der Waals surface area (Å²) in [5.41, 5.74) is 0. The molecular formula is C44H74IO2+. The van der Waals surface area contributed by atoms with Crippen molar-refractivity contribution < 1.29 is 30.7 Å². The van der Waals surface area contributed by atoms with E-state index in [9.17, 15) is 0 Å². The van der Waals surface area contributed by atoms with Crippen LogP contribution in [0.4, 0.5) is 0 Å². The van der Waals surface area contributed by atoms with Crippen LogP contribution in [0.1, 0.15) is 194 Å². The van der Waals surface area contributed by atoms with Crippen LogP contribution >= 0.6 is 0 Å². The van der Waals surface area contributed by atoms with E-state index in [0.29, 0.717) is 0 Å². The number of hydrogen-bond donors (Lipinski definition) is 0. The monoisotopic (exact) mass is 761 g/mol. The lowest BCUT2D eigenvalue weighted by atomic mass is 10.0. The van der Waals surface area contributed by atoms with Gasteiger partial charge in [-0.3, -0.25) is 0 Å². The molecule has 3 heteroatoms. The Morgan fingerprint density at radius 3 is 0.809 bits per heavy atom. The van der Waals surface area contributed by atoms with Gasteiger partial charge in [0.15, 0.2) is 7.14 Å². The maximum absolute atomic E-state index is 6.03. The van der Waals surface area contributed by atoms with Crippen LogP contribution in [-0.2, 0) is 0 Å². The van der Waals surface area contributed by atoms with Gasteiger partial charge >= 0.3 is 21.2 Å². The molecule has 0 N–H and O–H groups in total. The van der Waals surface area contributed by atoms with Crippen LogP contribution in [-0.4, -0.2) is 13.2 Å². The number of unbranched alkanes of at least 4 members (excludes halogenated alkanes) is 26. The molecule has 47 heavy (non-hydrogen) atoms. The molecule has 0 aromatic heterocycles. The van der Waals surface area contributed by atoms with Crippen molar-refractivity contribution in [1.82, 2.24) is 0 Å². The molecule has 0 radical (unpaired) electrons. The van der Waals surface area contributed by atoms with Gasteiger partial charge in [0.05, 0.1) is 13.2 Å². The van der Waals surface area contributed by atoms with E-state index in [2.05, 4.69) is 62.4 Å². The summed E-state index contributed by atoms with van der Waals surface area (Å²) in [5, 5.41) is 0. The van der Waals surface area contributed by atoms with Crippen molar-refractivity contribution in [3.05, 3.63) is 55.7 Å². The summed E-state index contributed by atoms with van der Waals surface area (Å²) in [5.74, 6) is 2.03. The summed E-state index contributed by atoms with van der Waals surface area (Å²) >= 11 is -0.178. The summed E-state index contributed by atoms with van der Waals surface area (Å²) in [6.45, 7) is 6.27. The van der Waals surface area contributed by atoms with E-state index < -0.39 is 0 Å². The first kappa shape index (κ1) is 41.9. The topological polar surface area (TPSA) is 18.5 Å². The molecule has 0 aliphatic rings. The number of ether oxygens (including phenoxy) is 2. The van der Waals surface area contributed by atoms with Crippen LogP contribution in [0, 0.1) is 7.14 Å². The molecular weight excluding hydrogens is 687 g/mol. The van der Waals surface area contributed by atoms with E-state index in [1.165, 1.54) is 187 Å². The Morgan fingerprint density at radius 1 is 0.319 bits per heavy atom. The predicted octanol–water partition coefficient (Wildman–Crippen LogP) is 11.5. The quantitative estimate of drug-likeness (QED) is 0.0522. The Morgan fingerprint density at radius 2 is 0.553 bits per heavy atom. The zero-order chi connectivity index (χ0) is 33.3. The van der Waals surface area contributed by atoms with Gasteiger partial charge in [0.25, 0.3) is 0 Å². The highest BCUT2D eigenvalue weighted by atomic mass is 127. The third-order valence-corrected chi connectivity index (χ3v) is 12.1. The molecule has 0 unspecified atom stereocenters. The second-order valence-corrected chi connectivity index (χ2v) is 16.9. The molecule has 0 atom stereocenters. The maximum Gasteiger partial charge on any atom is 0.357 e. The first-order valence-electron chi connectivity index (χ1n) is 20.4. The molecule has 0 aliphatic heterocycles. The molecule has 0 saturated heterocycles. The van der Waals surface area contributed by atoms with Crippen molar-refractivity contribution in [3.63, 3.8) is 0 Å². The van der Waals surface area contributed by atoms with Gasteiger partial charge in [-0.05, 0) is 61.4 Å². The van der Waals surface area contributed by atoms with Gasteiger partial charge in [0.1, 0.15) is 11.5 Å². The molecule has 2 rings (SSSR count). The van der Waals surface area contributed by atoms with Gasteiger partial charge in [-0.15, -0.1) is 0 Å². The van der Waals surface area contributed by atoms with Gasteiger partial charge in [-0.1, -0.05) is 181 Å². The summed E-state index contributed by atoms with van der Waals surface area (Å²) in [6, 6.07) is 17.7. The van der Waals surface area contributed by atoms with Crippen molar-refractivity contribution in [1.29, 1.82) is 0 Å². The smallest absolute Gasteiger partial charge is 0.357 e. The number of rotatable bonds is 34. The molecule has 0 amide bonds. The lowest BCUT2D eigenvalue weighted by molar-refractivity contribution is -0.597. The zero-order valence-corrected chi connectivity index (χ0v) is 33.2. The summed E-state index contributed by atoms with van der Waals surface area (Å²) in [4.78, 5) is 0. The maximum atomic E-state index is 6.03. The minimum atomic E-state index is -0.178.